The summed E-state index contributed by atoms with van der Waals surface area (Å²) >= 11 is 6.22. The molecule has 4 nitrogen and oxygen atoms in total. The van der Waals surface area contributed by atoms with Crippen molar-refractivity contribution in [3.63, 3.8) is 0 Å². The standard InChI is InChI=1S/C16H26ClN3O/c1-16(2,3)18-11-14-13(17)5-6-15(19-14)21-12-7-9-20(4)10-8-12/h5-6,12,18H,7-11H2,1-4H3. The lowest BCUT2D eigenvalue weighted by Gasteiger charge is -2.29. The maximum absolute atomic E-state index is 6.22. The molecule has 0 amide bonds. The first kappa shape index (κ1) is 16.5. The normalized spacial score (nSPS) is 18.0. The summed E-state index contributed by atoms with van der Waals surface area (Å²) in [5, 5.41) is 4.09. The lowest BCUT2D eigenvalue weighted by molar-refractivity contribution is 0.109. The topological polar surface area (TPSA) is 37.4 Å². The fourth-order valence-corrected chi connectivity index (χ4v) is 2.45. The molecule has 5 heteroatoms. The molecule has 0 aromatic carbocycles. The van der Waals surface area contributed by atoms with Crippen molar-refractivity contribution in [2.24, 2.45) is 0 Å². The van der Waals surface area contributed by atoms with E-state index in [-0.39, 0.29) is 11.6 Å². The summed E-state index contributed by atoms with van der Waals surface area (Å²) in [6.45, 7) is 9.18. The van der Waals surface area contributed by atoms with Gasteiger partial charge in [-0.3, -0.25) is 0 Å². The molecule has 0 unspecified atom stereocenters. The van der Waals surface area contributed by atoms with E-state index in [4.69, 9.17) is 16.3 Å². The summed E-state index contributed by atoms with van der Waals surface area (Å²) in [5.74, 6) is 0.680. The van der Waals surface area contributed by atoms with Crippen molar-refractivity contribution in [2.45, 2.75) is 51.8 Å². The van der Waals surface area contributed by atoms with Gasteiger partial charge >= 0.3 is 0 Å². The van der Waals surface area contributed by atoms with Crippen LogP contribution in [0.1, 0.15) is 39.3 Å². The van der Waals surface area contributed by atoms with Crippen LogP contribution in [0, 0.1) is 0 Å². The minimum atomic E-state index is 0.0375. The van der Waals surface area contributed by atoms with Gasteiger partial charge in [-0.1, -0.05) is 11.6 Å². The molecule has 1 saturated heterocycles. The highest BCUT2D eigenvalue weighted by molar-refractivity contribution is 6.31. The van der Waals surface area contributed by atoms with Crippen molar-refractivity contribution >= 4 is 11.6 Å². The second kappa shape index (κ2) is 6.95. The largest absolute Gasteiger partial charge is 0.474 e. The van der Waals surface area contributed by atoms with Crippen molar-refractivity contribution in [1.29, 1.82) is 0 Å². The number of nitrogens with zero attached hydrogens (tertiary/aromatic N) is 2. The van der Waals surface area contributed by atoms with Crippen LogP contribution in [0.4, 0.5) is 0 Å². The van der Waals surface area contributed by atoms with Crippen LogP contribution in [0.5, 0.6) is 5.88 Å². The molecule has 1 aromatic rings. The lowest BCUT2D eigenvalue weighted by Crippen LogP contribution is -2.36. The van der Waals surface area contributed by atoms with Crippen LogP contribution in [0.3, 0.4) is 0 Å². The molecular formula is C16H26ClN3O. The molecule has 2 heterocycles. The average Bonchev–Trinajstić information content (AvgIpc) is 2.41. The Kier molecular flexibility index (Phi) is 5.47. The predicted octanol–water partition coefficient (Wildman–Crippen LogP) is 3.10. The van der Waals surface area contributed by atoms with Crippen LogP contribution in [-0.4, -0.2) is 41.7 Å². The summed E-state index contributed by atoms with van der Waals surface area (Å²) in [6.07, 6.45) is 2.37. The molecule has 1 fully saturated rings. The van der Waals surface area contributed by atoms with Gasteiger partial charge in [0, 0.05) is 31.2 Å². The number of piperidine rings is 1. The van der Waals surface area contributed by atoms with Gasteiger partial charge in [-0.2, -0.15) is 0 Å². The van der Waals surface area contributed by atoms with Crippen molar-refractivity contribution in [3.05, 3.63) is 22.8 Å². The SMILES string of the molecule is CN1CCC(Oc2ccc(Cl)c(CNC(C)(C)C)n2)CC1. The Bertz CT molecular complexity index is 465. The van der Waals surface area contributed by atoms with E-state index < -0.39 is 0 Å². The van der Waals surface area contributed by atoms with E-state index in [1.165, 1.54) is 0 Å². The number of hydrogen-bond acceptors (Lipinski definition) is 4. The van der Waals surface area contributed by atoms with Gasteiger partial charge in [-0.05, 0) is 46.7 Å². The van der Waals surface area contributed by atoms with Crippen LogP contribution in [-0.2, 0) is 6.54 Å². The van der Waals surface area contributed by atoms with Gasteiger partial charge in [0.2, 0.25) is 5.88 Å². The number of hydrogen-bond donors (Lipinski definition) is 1. The molecule has 0 saturated carbocycles. The van der Waals surface area contributed by atoms with E-state index in [0.717, 1.165) is 31.6 Å². The smallest absolute Gasteiger partial charge is 0.213 e. The first-order chi connectivity index (χ1) is 9.83. The molecular weight excluding hydrogens is 286 g/mol. The number of halogens is 1. The third-order valence-electron chi connectivity index (χ3n) is 3.63. The highest BCUT2D eigenvalue weighted by Crippen LogP contribution is 2.21. The highest BCUT2D eigenvalue weighted by Gasteiger charge is 2.19. The zero-order chi connectivity index (χ0) is 15.5. The Labute approximate surface area is 132 Å². The summed E-state index contributed by atoms with van der Waals surface area (Å²) in [4.78, 5) is 6.89. The van der Waals surface area contributed by atoms with Crippen LogP contribution in [0.15, 0.2) is 12.1 Å². The summed E-state index contributed by atoms with van der Waals surface area (Å²) < 4.78 is 6.01. The second-order valence-corrected chi connectivity index (χ2v) is 7.21. The van der Waals surface area contributed by atoms with Gasteiger partial charge < -0.3 is 15.0 Å². The molecule has 0 radical (unpaired) electrons. The van der Waals surface area contributed by atoms with E-state index in [9.17, 15) is 0 Å². The Hall–Kier alpha value is -0.840. The first-order valence-corrected chi connectivity index (χ1v) is 7.97. The van der Waals surface area contributed by atoms with Crippen LogP contribution >= 0.6 is 11.6 Å². The molecule has 0 aliphatic carbocycles. The van der Waals surface area contributed by atoms with E-state index >= 15 is 0 Å². The van der Waals surface area contributed by atoms with E-state index in [0.29, 0.717) is 17.4 Å². The first-order valence-electron chi connectivity index (χ1n) is 7.59. The van der Waals surface area contributed by atoms with Gasteiger partial charge in [0.1, 0.15) is 6.10 Å². The number of ether oxygens (including phenoxy) is 1. The summed E-state index contributed by atoms with van der Waals surface area (Å²) in [7, 11) is 2.15. The molecule has 118 valence electrons. The van der Waals surface area contributed by atoms with Gasteiger partial charge in [0.25, 0.3) is 0 Å². The number of pyridine rings is 1. The van der Waals surface area contributed by atoms with Crippen molar-refractivity contribution in [1.82, 2.24) is 15.2 Å². The highest BCUT2D eigenvalue weighted by atomic mass is 35.5. The molecule has 1 aliphatic heterocycles. The molecule has 1 aliphatic rings. The van der Waals surface area contributed by atoms with Gasteiger partial charge in [-0.25, -0.2) is 4.98 Å². The fourth-order valence-electron chi connectivity index (χ4n) is 2.28. The van der Waals surface area contributed by atoms with Crippen molar-refractivity contribution in [2.75, 3.05) is 20.1 Å². The summed E-state index contributed by atoms with van der Waals surface area (Å²) in [5.41, 5.74) is 0.882. The lowest BCUT2D eigenvalue weighted by atomic mass is 10.1. The number of aromatic nitrogens is 1. The number of rotatable bonds is 4. The molecule has 1 N–H and O–H groups in total. The Morgan fingerprint density at radius 1 is 1.33 bits per heavy atom. The molecule has 1 aromatic heterocycles. The van der Waals surface area contributed by atoms with Crippen LogP contribution in [0.25, 0.3) is 0 Å². The Morgan fingerprint density at radius 2 is 2.00 bits per heavy atom. The van der Waals surface area contributed by atoms with E-state index in [1.807, 2.05) is 12.1 Å². The van der Waals surface area contributed by atoms with E-state index in [1.54, 1.807) is 0 Å². The van der Waals surface area contributed by atoms with Crippen LogP contribution in [0.2, 0.25) is 5.02 Å². The second-order valence-electron chi connectivity index (χ2n) is 6.80. The molecule has 0 bridgehead atoms. The average molecular weight is 312 g/mol. The summed E-state index contributed by atoms with van der Waals surface area (Å²) in [6, 6.07) is 3.74. The van der Waals surface area contributed by atoms with Crippen LogP contribution < -0.4 is 10.1 Å². The minimum absolute atomic E-state index is 0.0375. The maximum Gasteiger partial charge on any atom is 0.213 e. The molecule has 0 atom stereocenters. The fraction of sp³-hybridized carbons (Fsp3) is 0.688. The minimum Gasteiger partial charge on any atom is -0.474 e. The third kappa shape index (κ3) is 5.46. The molecule has 2 rings (SSSR count). The third-order valence-corrected chi connectivity index (χ3v) is 3.98. The predicted molar refractivity (Wildman–Crippen MR) is 87.0 cm³/mol. The number of nitrogens with one attached hydrogen (secondary N) is 1. The quantitative estimate of drug-likeness (QED) is 0.927. The van der Waals surface area contributed by atoms with Gasteiger partial charge in [-0.15, -0.1) is 0 Å². The molecule has 0 spiro atoms. The zero-order valence-electron chi connectivity index (χ0n) is 13.4. The Balaban J connectivity index is 1.97. The van der Waals surface area contributed by atoms with Crippen molar-refractivity contribution in [3.8, 4) is 5.88 Å². The van der Waals surface area contributed by atoms with Crippen molar-refractivity contribution < 1.29 is 4.74 Å². The zero-order valence-corrected chi connectivity index (χ0v) is 14.2. The monoisotopic (exact) mass is 311 g/mol. The van der Waals surface area contributed by atoms with Gasteiger partial charge in [0.05, 0.1) is 10.7 Å². The number of likely N-dealkylation sites (tertiary alicyclic amines) is 1. The molecule has 21 heavy (non-hydrogen) atoms. The van der Waals surface area contributed by atoms with Gasteiger partial charge in [0.15, 0.2) is 0 Å². The van der Waals surface area contributed by atoms with E-state index in [2.05, 4.69) is 43.0 Å². The Morgan fingerprint density at radius 3 is 2.62 bits per heavy atom. The maximum atomic E-state index is 6.22.